The standard InChI is InChI=1S/C12H17ClN2O2/c1-12(17)2-4-15(5-3-12)11-6-9(8-16)10(13)7-14-11/h6-7,16-17H,2-5,8H2,1H3. The molecule has 0 saturated carbocycles. The summed E-state index contributed by atoms with van der Waals surface area (Å²) in [4.78, 5) is 6.36. The molecule has 1 aromatic heterocycles. The van der Waals surface area contributed by atoms with Crippen LogP contribution in [0.25, 0.3) is 0 Å². The first-order chi connectivity index (χ1) is 8.02. The number of nitrogens with zero attached hydrogens (tertiary/aromatic N) is 2. The third kappa shape index (κ3) is 2.89. The smallest absolute Gasteiger partial charge is 0.128 e. The van der Waals surface area contributed by atoms with Crippen LogP contribution in [0.4, 0.5) is 5.82 Å². The predicted octanol–water partition coefficient (Wildman–Crippen LogP) is 1.58. The molecular formula is C12H17ClN2O2. The van der Waals surface area contributed by atoms with Crippen molar-refractivity contribution in [1.82, 2.24) is 4.98 Å². The molecule has 0 unspecified atom stereocenters. The molecule has 0 aliphatic carbocycles. The average Bonchev–Trinajstić information content (AvgIpc) is 2.30. The van der Waals surface area contributed by atoms with E-state index in [0.717, 1.165) is 31.7 Å². The normalized spacial score (nSPS) is 19.4. The summed E-state index contributed by atoms with van der Waals surface area (Å²) in [6, 6.07) is 1.81. The van der Waals surface area contributed by atoms with Gasteiger partial charge >= 0.3 is 0 Å². The quantitative estimate of drug-likeness (QED) is 0.844. The lowest BCUT2D eigenvalue weighted by atomic mass is 9.94. The maximum atomic E-state index is 9.88. The number of rotatable bonds is 2. The van der Waals surface area contributed by atoms with Gasteiger partial charge in [0, 0.05) is 24.8 Å². The van der Waals surface area contributed by atoms with Gasteiger partial charge in [0.2, 0.25) is 0 Å². The summed E-state index contributed by atoms with van der Waals surface area (Å²) < 4.78 is 0. The van der Waals surface area contributed by atoms with Crippen molar-refractivity contribution in [3.8, 4) is 0 Å². The van der Waals surface area contributed by atoms with Crippen LogP contribution in [0.15, 0.2) is 12.3 Å². The van der Waals surface area contributed by atoms with Gasteiger partial charge in [0.25, 0.3) is 0 Å². The monoisotopic (exact) mass is 256 g/mol. The second kappa shape index (κ2) is 4.80. The van der Waals surface area contributed by atoms with E-state index < -0.39 is 5.60 Å². The lowest BCUT2D eigenvalue weighted by Crippen LogP contribution is -2.42. The molecule has 2 N–H and O–H groups in total. The number of anilines is 1. The zero-order chi connectivity index (χ0) is 12.5. The largest absolute Gasteiger partial charge is 0.392 e. The van der Waals surface area contributed by atoms with Crippen LogP contribution < -0.4 is 4.90 Å². The zero-order valence-corrected chi connectivity index (χ0v) is 10.6. The van der Waals surface area contributed by atoms with Gasteiger partial charge in [-0.05, 0) is 25.8 Å². The third-order valence-corrected chi connectivity index (χ3v) is 3.60. The molecule has 2 heterocycles. The van der Waals surface area contributed by atoms with Crippen LogP contribution in [0, 0.1) is 0 Å². The van der Waals surface area contributed by atoms with Gasteiger partial charge in [-0.15, -0.1) is 0 Å². The molecule has 0 amide bonds. The Labute approximate surface area is 106 Å². The minimum Gasteiger partial charge on any atom is -0.392 e. The Morgan fingerprint density at radius 3 is 2.71 bits per heavy atom. The first-order valence-corrected chi connectivity index (χ1v) is 6.12. The molecule has 0 atom stereocenters. The SMILES string of the molecule is CC1(O)CCN(c2cc(CO)c(Cl)cn2)CC1. The van der Waals surface area contributed by atoms with E-state index >= 15 is 0 Å². The fourth-order valence-corrected chi connectivity index (χ4v) is 2.14. The lowest BCUT2D eigenvalue weighted by Gasteiger charge is -2.36. The van der Waals surface area contributed by atoms with E-state index in [4.69, 9.17) is 16.7 Å². The summed E-state index contributed by atoms with van der Waals surface area (Å²) >= 11 is 5.90. The van der Waals surface area contributed by atoms with Crippen molar-refractivity contribution < 1.29 is 10.2 Å². The number of pyridine rings is 1. The fraction of sp³-hybridized carbons (Fsp3) is 0.583. The van der Waals surface area contributed by atoms with Crippen molar-refractivity contribution in [2.75, 3.05) is 18.0 Å². The molecule has 0 bridgehead atoms. The Bertz CT molecular complexity index is 399. The van der Waals surface area contributed by atoms with Crippen LogP contribution in [-0.4, -0.2) is 33.9 Å². The van der Waals surface area contributed by atoms with Crippen LogP contribution in [0.5, 0.6) is 0 Å². The zero-order valence-electron chi connectivity index (χ0n) is 9.86. The van der Waals surface area contributed by atoms with Crippen LogP contribution in [0.2, 0.25) is 5.02 Å². The maximum Gasteiger partial charge on any atom is 0.128 e. The number of aromatic nitrogens is 1. The van der Waals surface area contributed by atoms with E-state index in [2.05, 4.69) is 9.88 Å². The second-order valence-corrected chi connectivity index (χ2v) is 5.18. The third-order valence-electron chi connectivity index (χ3n) is 3.26. The van der Waals surface area contributed by atoms with Gasteiger partial charge < -0.3 is 15.1 Å². The van der Waals surface area contributed by atoms with E-state index in [1.807, 2.05) is 13.0 Å². The fourth-order valence-electron chi connectivity index (χ4n) is 1.98. The van der Waals surface area contributed by atoms with Gasteiger partial charge in [-0.1, -0.05) is 11.6 Å². The molecule has 17 heavy (non-hydrogen) atoms. The highest BCUT2D eigenvalue weighted by atomic mass is 35.5. The van der Waals surface area contributed by atoms with Crippen molar-refractivity contribution in [1.29, 1.82) is 0 Å². The van der Waals surface area contributed by atoms with Crippen molar-refractivity contribution >= 4 is 17.4 Å². The number of aliphatic hydroxyl groups excluding tert-OH is 1. The van der Waals surface area contributed by atoms with Gasteiger partial charge in [0.15, 0.2) is 0 Å². The number of piperidine rings is 1. The molecule has 1 aliphatic heterocycles. The highest BCUT2D eigenvalue weighted by Gasteiger charge is 2.27. The summed E-state index contributed by atoms with van der Waals surface area (Å²) in [5.41, 5.74) is 0.122. The number of hydrogen-bond donors (Lipinski definition) is 2. The van der Waals surface area contributed by atoms with E-state index in [9.17, 15) is 5.11 Å². The molecule has 1 aromatic rings. The lowest BCUT2D eigenvalue weighted by molar-refractivity contribution is 0.0350. The summed E-state index contributed by atoms with van der Waals surface area (Å²) in [6.45, 7) is 3.32. The van der Waals surface area contributed by atoms with Gasteiger partial charge in [-0.2, -0.15) is 0 Å². The van der Waals surface area contributed by atoms with E-state index in [0.29, 0.717) is 10.6 Å². The Balaban J connectivity index is 2.13. The second-order valence-electron chi connectivity index (χ2n) is 4.78. The van der Waals surface area contributed by atoms with Gasteiger partial charge in [0.05, 0.1) is 17.2 Å². The van der Waals surface area contributed by atoms with E-state index in [-0.39, 0.29) is 6.61 Å². The Kier molecular flexibility index (Phi) is 3.56. The number of hydrogen-bond acceptors (Lipinski definition) is 4. The minimum absolute atomic E-state index is 0.0834. The van der Waals surface area contributed by atoms with E-state index in [1.54, 1.807) is 6.20 Å². The summed E-state index contributed by atoms with van der Waals surface area (Å²) in [6.07, 6.45) is 3.02. The highest BCUT2D eigenvalue weighted by molar-refractivity contribution is 6.31. The summed E-state index contributed by atoms with van der Waals surface area (Å²) in [5, 5.41) is 19.5. The van der Waals surface area contributed by atoms with Crippen LogP contribution >= 0.6 is 11.6 Å². The van der Waals surface area contributed by atoms with Crippen molar-refractivity contribution in [3.05, 3.63) is 22.8 Å². The molecule has 0 spiro atoms. The Hall–Kier alpha value is -0.840. The molecule has 4 nitrogen and oxygen atoms in total. The van der Waals surface area contributed by atoms with Crippen LogP contribution in [0.1, 0.15) is 25.3 Å². The molecular weight excluding hydrogens is 240 g/mol. The first kappa shape index (κ1) is 12.6. The molecule has 1 saturated heterocycles. The first-order valence-electron chi connectivity index (χ1n) is 5.74. The summed E-state index contributed by atoms with van der Waals surface area (Å²) in [5.74, 6) is 0.814. The molecule has 0 aromatic carbocycles. The maximum absolute atomic E-state index is 9.88. The van der Waals surface area contributed by atoms with E-state index in [1.165, 1.54) is 0 Å². The van der Waals surface area contributed by atoms with Crippen molar-refractivity contribution in [2.45, 2.75) is 32.0 Å². The minimum atomic E-state index is -0.567. The highest BCUT2D eigenvalue weighted by Crippen LogP contribution is 2.26. The molecule has 1 aliphatic rings. The molecule has 5 heteroatoms. The molecule has 0 radical (unpaired) electrons. The van der Waals surface area contributed by atoms with Crippen LogP contribution in [-0.2, 0) is 6.61 Å². The number of halogens is 1. The molecule has 1 fully saturated rings. The number of aliphatic hydroxyl groups is 2. The average molecular weight is 257 g/mol. The van der Waals surface area contributed by atoms with Gasteiger partial charge in [-0.3, -0.25) is 0 Å². The molecule has 94 valence electrons. The van der Waals surface area contributed by atoms with Crippen molar-refractivity contribution in [2.24, 2.45) is 0 Å². The summed E-state index contributed by atoms with van der Waals surface area (Å²) in [7, 11) is 0. The Morgan fingerprint density at radius 2 is 2.12 bits per heavy atom. The topological polar surface area (TPSA) is 56.6 Å². The van der Waals surface area contributed by atoms with Gasteiger partial charge in [0.1, 0.15) is 5.82 Å². The predicted molar refractivity (Wildman–Crippen MR) is 67.2 cm³/mol. The molecule has 2 rings (SSSR count). The van der Waals surface area contributed by atoms with Gasteiger partial charge in [-0.25, -0.2) is 4.98 Å². The van der Waals surface area contributed by atoms with Crippen molar-refractivity contribution in [3.63, 3.8) is 0 Å². The Morgan fingerprint density at radius 1 is 1.47 bits per heavy atom. The van der Waals surface area contributed by atoms with Crippen LogP contribution in [0.3, 0.4) is 0 Å².